The first kappa shape index (κ1) is 12.8. The SMILES string of the molecule is CC1(C(Cc2ccccc2Cl)NN)CCCO1. The highest BCUT2D eigenvalue weighted by Gasteiger charge is 2.38. The summed E-state index contributed by atoms with van der Waals surface area (Å²) in [7, 11) is 0. The zero-order valence-corrected chi connectivity index (χ0v) is 10.8. The molecule has 1 aliphatic heterocycles. The number of rotatable bonds is 4. The van der Waals surface area contributed by atoms with Crippen LogP contribution in [-0.2, 0) is 11.2 Å². The largest absolute Gasteiger partial charge is 0.374 e. The molecule has 1 fully saturated rings. The van der Waals surface area contributed by atoms with Crippen LogP contribution in [0.1, 0.15) is 25.3 Å². The first-order valence-corrected chi connectivity index (χ1v) is 6.37. The minimum Gasteiger partial charge on any atom is -0.374 e. The molecule has 1 aromatic carbocycles. The average molecular weight is 255 g/mol. The first-order chi connectivity index (χ1) is 8.15. The number of nitrogens with one attached hydrogen (secondary N) is 1. The molecule has 2 rings (SSSR count). The summed E-state index contributed by atoms with van der Waals surface area (Å²) < 4.78 is 5.82. The topological polar surface area (TPSA) is 47.3 Å². The van der Waals surface area contributed by atoms with Gasteiger partial charge in [0.2, 0.25) is 0 Å². The molecule has 0 aliphatic carbocycles. The fraction of sp³-hybridized carbons (Fsp3) is 0.538. The lowest BCUT2D eigenvalue weighted by atomic mass is 9.89. The van der Waals surface area contributed by atoms with Gasteiger partial charge in [-0.05, 0) is 37.8 Å². The third-order valence-electron chi connectivity index (χ3n) is 3.57. The van der Waals surface area contributed by atoms with Crippen LogP contribution in [0.15, 0.2) is 24.3 Å². The third-order valence-corrected chi connectivity index (χ3v) is 3.94. The smallest absolute Gasteiger partial charge is 0.0824 e. The standard InChI is InChI=1S/C13H19ClN2O/c1-13(7-4-8-17-13)12(16-15)9-10-5-2-3-6-11(10)14/h2-3,5-6,12,16H,4,7-9,15H2,1H3. The summed E-state index contributed by atoms with van der Waals surface area (Å²) >= 11 is 6.17. The van der Waals surface area contributed by atoms with Crippen molar-refractivity contribution in [2.24, 2.45) is 5.84 Å². The number of nitrogens with two attached hydrogens (primary N) is 1. The van der Waals surface area contributed by atoms with Crippen molar-refractivity contribution < 1.29 is 4.74 Å². The second-order valence-electron chi connectivity index (χ2n) is 4.78. The van der Waals surface area contributed by atoms with Crippen molar-refractivity contribution in [1.82, 2.24) is 5.43 Å². The van der Waals surface area contributed by atoms with Crippen LogP contribution in [0.5, 0.6) is 0 Å². The first-order valence-electron chi connectivity index (χ1n) is 5.99. The lowest BCUT2D eigenvalue weighted by molar-refractivity contribution is -0.0115. The van der Waals surface area contributed by atoms with E-state index in [0.29, 0.717) is 0 Å². The van der Waals surface area contributed by atoms with Gasteiger partial charge in [-0.15, -0.1) is 0 Å². The molecule has 4 heteroatoms. The van der Waals surface area contributed by atoms with E-state index < -0.39 is 0 Å². The molecule has 0 spiro atoms. The lowest BCUT2D eigenvalue weighted by Crippen LogP contribution is -2.52. The molecular weight excluding hydrogens is 236 g/mol. The number of benzene rings is 1. The Hall–Kier alpha value is -0.610. The molecule has 2 unspecified atom stereocenters. The van der Waals surface area contributed by atoms with E-state index in [1.54, 1.807) is 0 Å². The van der Waals surface area contributed by atoms with Gasteiger partial charge in [0.05, 0.1) is 11.6 Å². The van der Waals surface area contributed by atoms with Gasteiger partial charge in [0.1, 0.15) is 0 Å². The van der Waals surface area contributed by atoms with Crippen LogP contribution in [-0.4, -0.2) is 18.2 Å². The van der Waals surface area contributed by atoms with Crippen molar-refractivity contribution in [3.63, 3.8) is 0 Å². The molecule has 1 heterocycles. The second kappa shape index (κ2) is 5.36. The van der Waals surface area contributed by atoms with E-state index in [1.165, 1.54) is 0 Å². The number of halogens is 1. The predicted octanol–water partition coefficient (Wildman–Crippen LogP) is 2.28. The summed E-state index contributed by atoms with van der Waals surface area (Å²) in [6.07, 6.45) is 2.91. The van der Waals surface area contributed by atoms with Crippen molar-refractivity contribution in [3.8, 4) is 0 Å². The number of ether oxygens (including phenoxy) is 1. The minimum atomic E-state index is -0.187. The summed E-state index contributed by atoms with van der Waals surface area (Å²) in [6.45, 7) is 2.93. The molecule has 3 nitrogen and oxygen atoms in total. The Morgan fingerprint density at radius 3 is 2.88 bits per heavy atom. The van der Waals surface area contributed by atoms with E-state index in [0.717, 1.165) is 36.5 Å². The Bertz CT molecular complexity index is 377. The Kier molecular flexibility index (Phi) is 4.05. The summed E-state index contributed by atoms with van der Waals surface area (Å²) in [5, 5.41) is 0.786. The monoisotopic (exact) mass is 254 g/mol. The molecule has 3 N–H and O–H groups in total. The molecule has 1 aliphatic rings. The van der Waals surface area contributed by atoms with Crippen molar-refractivity contribution in [3.05, 3.63) is 34.9 Å². The molecule has 1 aromatic rings. The summed E-state index contributed by atoms with van der Waals surface area (Å²) in [6, 6.07) is 7.95. The van der Waals surface area contributed by atoms with Crippen LogP contribution in [0.3, 0.4) is 0 Å². The van der Waals surface area contributed by atoms with Crippen molar-refractivity contribution >= 4 is 11.6 Å². The lowest BCUT2D eigenvalue weighted by Gasteiger charge is -2.33. The summed E-state index contributed by atoms with van der Waals surface area (Å²) in [5.74, 6) is 5.66. The summed E-state index contributed by atoms with van der Waals surface area (Å²) in [4.78, 5) is 0. The van der Waals surface area contributed by atoms with Crippen LogP contribution in [0, 0.1) is 0 Å². The molecule has 0 saturated carbocycles. The minimum absolute atomic E-state index is 0.0879. The Morgan fingerprint density at radius 2 is 2.29 bits per heavy atom. The number of hydrogen-bond donors (Lipinski definition) is 2. The summed E-state index contributed by atoms with van der Waals surface area (Å²) in [5.41, 5.74) is 3.80. The van der Waals surface area contributed by atoms with Crippen molar-refractivity contribution in [2.45, 2.75) is 37.8 Å². The average Bonchev–Trinajstić information content (AvgIpc) is 2.76. The zero-order valence-electron chi connectivity index (χ0n) is 10.1. The van der Waals surface area contributed by atoms with Gasteiger partial charge in [0, 0.05) is 11.6 Å². The second-order valence-corrected chi connectivity index (χ2v) is 5.19. The van der Waals surface area contributed by atoms with E-state index in [1.807, 2.05) is 24.3 Å². The highest BCUT2D eigenvalue weighted by molar-refractivity contribution is 6.31. The maximum absolute atomic E-state index is 6.17. The molecule has 0 aromatic heterocycles. The normalized spacial score (nSPS) is 26.1. The van der Waals surface area contributed by atoms with Gasteiger partial charge in [-0.1, -0.05) is 29.8 Å². The fourth-order valence-corrected chi connectivity index (χ4v) is 2.62. The molecule has 94 valence electrons. The molecular formula is C13H19ClN2O. The van der Waals surface area contributed by atoms with Crippen LogP contribution in [0.25, 0.3) is 0 Å². The maximum Gasteiger partial charge on any atom is 0.0824 e. The van der Waals surface area contributed by atoms with Gasteiger partial charge in [0.25, 0.3) is 0 Å². The van der Waals surface area contributed by atoms with E-state index in [2.05, 4.69) is 12.3 Å². The third kappa shape index (κ3) is 2.80. The van der Waals surface area contributed by atoms with Crippen LogP contribution in [0.4, 0.5) is 0 Å². The maximum atomic E-state index is 6.17. The molecule has 0 bridgehead atoms. The quantitative estimate of drug-likeness (QED) is 0.640. The molecule has 1 saturated heterocycles. The van der Waals surface area contributed by atoms with Crippen LogP contribution >= 0.6 is 11.6 Å². The molecule has 0 amide bonds. The molecule has 0 radical (unpaired) electrons. The Balaban J connectivity index is 2.12. The zero-order chi connectivity index (χ0) is 12.3. The van der Waals surface area contributed by atoms with Gasteiger partial charge in [0.15, 0.2) is 0 Å². The van der Waals surface area contributed by atoms with Gasteiger partial charge >= 0.3 is 0 Å². The van der Waals surface area contributed by atoms with Gasteiger partial charge in [-0.25, -0.2) is 0 Å². The number of hydrazine groups is 1. The van der Waals surface area contributed by atoms with E-state index >= 15 is 0 Å². The van der Waals surface area contributed by atoms with Gasteiger partial charge in [-0.2, -0.15) is 0 Å². The van der Waals surface area contributed by atoms with E-state index in [9.17, 15) is 0 Å². The highest BCUT2D eigenvalue weighted by Crippen LogP contribution is 2.31. The highest BCUT2D eigenvalue weighted by atomic mass is 35.5. The Morgan fingerprint density at radius 1 is 1.53 bits per heavy atom. The van der Waals surface area contributed by atoms with Crippen molar-refractivity contribution in [2.75, 3.05) is 6.61 Å². The van der Waals surface area contributed by atoms with Gasteiger partial charge in [-0.3, -0.25) is 11.3 Å². The predicted molar refractivity (Wildman–Crippen MR) is 69.9 cm³/mol. The van der Waals surface area contributed by atoms with Gasteiger partial charge < -0.3 is 4.74 Å². The van der Waals surface area contributed by atoms with E-state index in [4.69, 9.17) is 22.2 Å². The molecule has 2 atom stereocenters. The fourth-order valence-electron chi connectivity index (χ4n) is 2.41. The van der Waals surface area contributed by atoms with Crippen molar-refractivity contribution in [1.29, 1.82) is 0 Å². The van der Waals surface area contributed by atoms with E-state index in [-0.39, 0.29) is 11.6 Å². The van der Waals surface area contributed by atoms with Crippen LogP contribution < -0.4 is 11.3 Å². The van der Waals surface area contributed by atoms with Crippen LogP contribution in [0.2, 0.25) is 5.02 Å². The number of hydrogen-bond acceptors (Lipinski definition) is 3. The molecule has 17 heavy (non-hydrogen) atoms. The Labute approximate surface area is 107 Å².